The van der Waals surface area contributed by atoms with Crippen LogP contribution < -0.4 is 0 Å². The Morgan fingerprint density at radius 1 is 0.571 bits per heavy atom. The highest BCUT2D eigenvalue weighted by Gasteiger charge is 2.29. The smallest absolute Gasteiger partial charge is 0.217 e. The summed E-state index contributed by atoms with van der Waals surface area (Å²) in [5.41, 5.74) is 2.03. The van der Waals surface area contributed by atoms with Crippen molar-refractivity contribution in [2.75, 3.05) is 0 Å². The van der Waals surface area contributed by atoms with Gasteiger partial charge in [0.15, 0.2) is 11.6 Å². The first kappa shape index (κ1) is 21.9. The number of hydrogen-bond acceptors (Lipinski definition) is 5. The third-order valence-electron chi connectivity index (χ3n) is 5.54. The zero-order valence-electron chi connectivity index (χ0n) is 18.8. The van der Waals surface area contributed by atoms with Crippen molar-refractivity contribution in [2.45, 2.75) is 6.92 Å². The van der Waals surface area contributed by atoms with Gasteiger partial charge in [0.1, 0.15) is 11.4 Å². The minimum absolute atomic E-state index is 0.0197. The van der Waals surface area contributed by atoms with Gasteiger partial charge in [0.05, 0.1) is 22.5 Å². The molecule has 0 saturated carbocycles. The van der Waals surface area contributed by atoms with Crippen molar-refractivity contribution >= 4 is 17.3 Å². The predicted octanol–water partition coefficient (Wildman–Crippen LogP) is 4.72. The first-order valence-electron chi connectivity index (χ1n) is 11.0. The van der Waals surface area contributed by atoms with Crippen LogP contribution in [0.3, 0.4) is 0 Å². The zero-order chi connectivity index (χ0) is 24.4. The molecule has 0 aliphatic rings. The predicted molar refractivity (Wildman–Crippen MR) is 130 cm³/mol. The van der Waals surface area contributed by atoms with Gasteiger partial charge >= 0.3 is 0 Å². The highest BCUT2D eigenvalue weighted by molar-refractivity contribution is 6.20. The summed E-state index contributed by atoms with van der Waals surface area (Å²) >= 11 is 0. The topological polar surface area (TPSA) is 86.8 Å². The Kier molecular flexibility index (Phi) is 5.73. The van der Waals surface area contributed by atoms with Crippen LogP contribution in [0.2, 0.25) is 0 Å². The van der Waals surface area contributed by atoms with E-state index in [2.05, 4.69) is 10.2 Å². The molecule has 35 heavy (non-hydrogen) atoms. The SMILES string of the molecule is CC(=O)c1nn(-c2ccccc2)cc1C(=O)c1nn(-c2ccccc2)cc1C(=O)c1ccccc1. The Hall–Kier alpha value is -4.91. The van der Waals surface area contributed by atoms with E-state index >= 15 is 0 Å². The highest BCUT2D eigenvalue weighted by Crippen LogP contribution is 2.22. The summed E-state index contributed by atoms with van der Waals surface area (Å²) in [6.45, 7) is 1.35. The fourth-order valence-electron chi connectivity index (χ4n) is 3.81. The van der Waals surface area contributed by atoms with E-state index in [0.717, 1.165) is 0 Å². The van der Waals surface area contributed by atoms with Crippen molar-refractivity contribution < 1.29 is 14.4 Å². The number of rotatable bonds is 7. The second kappa shape index (κ2) is 9.15. The third-order valence-corrected chi connectivity index (χ3v) is 5.54. The van der Waals surface area contributed by atoms with E-state index in [4.69, 9.17) is 0 Å². The summed E-state index contributed by atoms with van der Waals surface area (Å²) < 4.78 is 2.98. The van der Waals surface area contributed by atoms with Gasteiger partial charge < -0.3 is 0 Å². The van der Waals surface area contributed by atoms with Gasteiger partial charge in [-0.3, -0.25) is 14.4 Å². The van der Waals surface area contributed by atoms with Crippen molar-refractivity contribution in [1.29, 1.82) is 0 Å². The number of para-hydroxylation sites is 2. The molecule has 0 radical (unpaired) electrons. The van der Waals surface area contributed by atoms with Crippen LogP contribution in [0.5, 0.6) is 0 Å². The van der Waals surface area contributed by atoms with Crippen molar-refractivity contribution in [3.8, 4) is 11.4 Å². The number of Topliss-reactive ketones (excluding diaryl/α,β-unsaturated/α-hetero) is 1. The standard InChI is InChI=1S/C28H20N4O3/c1-19(33)25-23(17-31(29-25)21-13-7-3-8-14-21)28(35)26-24(27(34)20-11-5-2-6-12-20)18-32(30-26)22-15-9-4-10-16-22/h2-18H,1H3. The van der Waals surface area contributed by atoms with Gasteiger partial charge in [0.2, 0.25) is 5.78 Å². The molecule has 0 spiro atoms. The van der Waals surface area contributed by atoms with Crippen LogP contribution in [0.25, 0.3) is 11.4 Å². The molecule has 7 heteroatoms. The lowest BCUT2D eigenvalue weighted by Crippen LogP contribution is -2.12. The van der Waals surface area contributed by atoms with E-state index in [0.29, 0.717) is 16.9 Å². The van der Waals surface area contributed by atoms with Crippen LogP contribution in [-0.4, -0.2) is 36.9 Å². The van der Waals surface area contributed by atoms with E-state index in [1.54, 1.807) is 30.5 Å². The number of aromatic nitrogens is 4. The van der Waals surface area contributed by atoms with E-state index in [1.807, 2.05) is 66.7 Å². The lowest BCUT2D eigenvalue weighted by molar-refractivity contribution is 0.0982. The minimum Gasteiger partial charge on any atom is -0.293 e. The summed E-state index contributed by atoms with van der Waals surface area (Å²) in [4.78, 5) is 39.6. The minimum atomic E-state index is -0.550. The van der Waals surface area contributed by atoms with Crippen LogP contribution in [-0.2, 0) is 0 Å². The van der Waals surface area contributed by atoms with Crippen molar-refractivity contribution in [3.63, 3.8) is 0 Å². The zero-order valence-corrected chi connectivity index (χ0v) is 18.8. The molecular weight excluding hydrogens is 440 g/mol. The Morgan fingerprint density at radius 2 is 1.00 bits per heavy atom. The molecule has 170 valence electrons. The average Bonchev–Trinajstić information content (AvgIpc) is 3.55. The highest BCUT2D eigenvalue weighted by atomic mass is 16.1. The molecule has 0 aliphatic carbocycles. The third kappa shape index (κ3) is 4.22. The van der Waals surface area contributed by atoms with E-state index in [1.165, 1.54) is 22.5 Å². The van der Waals surface area contributed by atoms with Gasteiger partial charge in [-0.05, 0) is 24.3 Å². The normalized spacial score (nSPS) is 10.8. The first-order valence-corrected chi connectivity index (χ1v) is 11.0. The first-order chi connectivity index (χ1) is 17.0. The summed E-state index contributed by atoms with van der Waals surface area (Å²) in [7, 11) is 0. The molecule has 2 aromatic heterocycles. The summed E-state index contributed by atoms with van der Waals surface area (Å²) in [6, 6.07) is 27.1. The van der Waals surface area contributed by atoms with Crippen molar-refractivity contribution in [1.82, 2.24) is 19.6 Å². The molecule has 0 aliphatic heterocycles. The molecule has 0 N–H and O–H groups in total. The largest absolute Gasteiger partial charge is 0.293 e. The van der Waals surface area contributed by atoms with E-state index in [-0.39, 0.29) is 34.1 Å². The molecule has 0 fully saturated rings. The Bertz CT molecular complexity index is 1540. The lowest BCUT2D eigenvalue weighted by atomic mass is 9.99. The number of hydrogen-bond donors (Lipinski definition) is 0. The van der Waals surface area contributed by atoms with E-state index in [9.17, 15) is 14.4 Å². The van der Waals surface area contributed by atoms with Crippen LogP contribution in [0.1, 0.15) is 49.4 Å². The fourth-order valence-corrected chi connectivity index (χ4v) is 3.81. The Labute approximate surface area is 201 Å². The second-order valence-corrected chi connectivity index (χ2v) is 7.92. The van der Waals surface area contributed by atoms with Gasteiger partial charge in [-0.2, -0.15) is 10.2 Å². The van der Waals surface area contributed by atoms with Gasteiger partial charge in [-0.15, -0.1) is 0 Å². The number of nitrogens with zero attached hydrogens (tertiary/aromatic N) is 4. The number of ketones is 3. The van der Waals surface area contributed by atoms with Gasteiger partial charge in [-0.25, -0.2) is 9.36 Å². The van der Waals surface area contributed by atoms with E-state index < -0.39 is 5.78 Å². The lowest BCUT2D eigenvalue weighted by Gasteiger charge is -2.01. The summed E-state index contributed by atoms with van der Waals surface area (Å²) in [5, 5.41) is 8.83. The molecule has 5 aromatic rings. The second-order valence-electron chi connectivity index (χ2n) is 7.92. The van der Waals surface area contributed by atoms with Crippen LogP contribution in [0.15, 0.2) is 103 Å². The van der Waals surface area contributed by atoms with Crippen molar-refractivity contribution in [3.05, 3.63) is 131 Å². The molecule has 0 bridgehead atoms. The molecule has 3 aromatic carbocycles. The molecule has 0 saturated heterocycles. The quantitative estimate of drug-likeness (QED) is 0.328. The molecular formula is C28H20N4O3. The van der Waals surface area contributed by atoms with Gasteiger partial charge in [0.25, 0.3) is 0 Å². The molecule has 0 amide bonds. The summed E-state index contributed by atoms with van der Waals surface area (Å²) in [5.74, 6) is -1.25. The molecule has 0 unspecified atom stereocenters. The maximum absolute atomic E-state index is 13.8. The fraction of sp³-hybridized carbons (Fsp3) is 0.0357. The number of carbonyl (C=O) groups is 3. The Balaban J connectivity index is 1.65. The summed E-state index contributed by atoms with van der Waals surface area (Å²) in [6.07, 6.45) is 3.06. The van der Waals surface area contributed by atoms with Crippen LogP contribution >= 0.6 is 0 Å². The van der Waals surface area contributed by atoms with Crippen LogP contribution in [0, 0.1) is 0 Å². The maximum atomic E-state index is 13.8. The molecule has 5 rings (SSSR count). The van der Waals surface area contributed by atoms with Crippen LogP contribution in [0.4, 0.5) is 0 Å². The average molecular weight is 460 g/mol. The molecule has 2 heterocycles. The van der Waals surface area contributed by atoms with Crippen molar-refractivity contribution in [2.24, 2.45) is 0 Å². The Morgan fingerprint density at radius 3 is 1.49 bits per heavy atom. The maximum Gasteiger partial charge on any atom is 0.217 e. The monoisotopic (exact) mass is 460 g/mol. The molecule has 0 atom stereocenters. The number of carbonyl (C=O) groups excluding carboxylic acids is 3. The number of benzene rings is 3. The van der Waals surface area contributed by atoms with Gasteiger partial charge in [-0.1, -0.05) is 66.7 Å². The molecule has 7 nitrogen and oxygen atoms in total. The van der Waals surface area contributed by atoms with Gasteiger partial charge in [0, 0.05) is 24.9 Å².